The molecule has 0 aromatic carbocycles. The number of ether oxygens (including phenoxy) is 4. The van der Waals surface area contributed by atoms with Gasteiger partial charge in [-0.25, -0.2) is 4.79 Å². The molecule has 0 bridgehead atoms. The molecule has 3 atom stereocenters. The normalized spacial score (nSPS) is 38.2. The molecule has 3 rings (SSSR count). The summed E-state index contributed by atoms with van der Waals surface area (Å²) in [6.07, 6.45) is -0.139. The Bertz CT molecular complexity index is 451. The van der Waals surface area contributed by atoms with Gasteiger partial charge in [-0.15, -0.1) is 0 Å². The zero-order valence-electron chi connectivity index (χ0n) is 13.7. The molecule has 0 unspecified atom stereocenters. The van der Waals surface area contributed by atoms with Crippen LogP contribution in [0.1, 0.15) is 33.1 Å². The molecule has 8 heteroatoms. The van der Waals surface area contributed by atoms with E-state index in [4.69, 9.17) is 29.8 Å². The maximum absolute atomic E-state index is 11.0. The van der Waals surface area contributed by atoms with Gasteiger partial charge in [0.25, 0.3) is 0 Å². The van der Waals surface area contributed by atoms with Crippen LogP contribution in [-0.4, -0.2) is 72.2 Å². The van der Waals surface area contributed by atoms with Gasteiger partial charge in [-0.2, -0.15) is 0 Å². The highest BCUT2D eigenvalue weighted by atomic mass is 16.8. The molecule has 3 aliphatic heterocycles. The van der Waals surface area contributed by atoms with E-state index in [0.717, 1.165) is 25.9 Å². The van der Waals surface area contributed by atoms with E-state index in [1.165, 1.54) is 0 Å². The number of fused-ring (bicyclic) bond motifs is 1. The predicted molar refractivity (Wildman–Crippen MR) is 79.9 cm³/mol. The second-order valence-corrected chi connectivity index (χ2v) is 7.03. The van der Waals surface area contributed by atoms with Crippen molar-refractivity contribution in [3.8, 4) is 0 Å². The van der Waals surface area contributed by atoms with E-state index in [1.54, 1.807) is 13.8 Å². The highest BCUT2D eigenvalue weighted by molar-refractivity contribution is 5.57. The highest BCUT2D eigenvalue weighted by Gasteiger charge is 2.61. The number of carboxylic acid groups (broad SMARTS) is 1. The Hall–Kier alpha value is -0.930. The zero-order valence-corrected chi connectivity index (χ0v) is 13.7. The number of nitrogens with zero attached hydrogens (tertiary/aromatic N) is 1. The van der Waals surface area contributed by atoms with Gasteiger partial charge in [0.2, 0.25) is 5.79 Å². The summed E-state index contributed by atoms with van der Waals surface area (Å²) < 4.78 is 23.0. The lowest BCUT2D eigenvalue weighted by molar-refractivity contribution is -0.281. The summed E-state index contributed by atoms with van der Waals surface area (Å²) >= 11 is 0. The van der Waals surface area contributed by atoms with Gasteiger partial charge in [0, 0.05) is 12.5 Å². The average Bonchev–Trinajstić information content (AvgIpc) is 2.72. The fourth-order valence-electron chi connectivity index (χ4n) is 3.70. The smallest absolute Gasteiger partial charge is 0.450 e. The van der Waals surface area contributed by atoms with Crippen molar-refractivity contribution in [2.75, 3.05) is 26.2 Å². The van der Waals surface area contributed by atoms with Gasteiger partial charge in [-0.1, -0.05) is 0 Å². The summed E-state index contributed by atoms with van der Waals surface area (Å²) in [4.78, 5) is 13.2. The van der Waals surface area contributed by atoms with E-state index in [1.807, 2.05) is 0 Å². The fourth-order valence-corrected chi connectivity index (χ4v) is 3.70. The Morgan fingerprint density at radius 2 is 2.04 bits per heavy atom. The van der Waals surface area contributed by atoms with E-state index in [-0.39, 0.29) is 6.04 Å². The van der Waals surface area contributed by atoms with Crippen LogP contribution >= 0.6 is 0 Å². The predicted octanol–water partition coefficient (Wildman–Crippen LogP) is 0.741. The summed E-state index contributed by atoms with van der Waals surface area (Å²) in [5, 5.41) is 8.97. The van der Waals surface area contributed by atoms with Crippen molar-refractivity contribution in [2.45, 2.75) is 62.9 Å². The van der Waals surface area contributed by atoms with Gasteiger partial charge < -0.3 is 29.8 Å². The molecule has 0 radical (unpaired) electrons. The van der Waals surface area contributed by atoms with Gasteiger partial charge in [0.1, 0.15) is 6.10 Å². The van der Waals surface area contributed by atoms with Crippen LogP contribution in [-0.2, 0) is 18.9 Å². The SMILES string of the molecule is CC1(C)O[C@H]2[C@H](OC(=O)O)CCO[C@@]2(CN2CCC(N)CC2)O1. The van der Waals surface area contributed by atoms with Crippen LogP contribution in [0, 0.1) is 0 Å². The molecular formula is C15H26N2O6. The Morgan fingerprint density at radius 1 is 1.35 bits per heavy atom. The molecule has 3 N–H and O–H groups in total. The quantitative estimate of drug-likeness (QED) is 0.730. The van der Waals surface area contributed by atoms with Crippen molar-refractivity contribution in [2.24, 2.45) is 5.73 Å². The van der Waals surface area contributed by atoms with Gasteiger partial charge >= 0.3 is 6.16 Å². The number of hydrogen-bond acceptors (Lipinski definition) is 7. The second kappa shape index (κ2) is 6.18. The number of nitrogens with two attached hydrogens (primary N) is 1. The minimum absolute atomic E-state index is 0.243. The largest absolute Gasteiger partial charge is 0.506 e. The first-order chi connectivity index (χ1) is 10.8. The van der Waals surface area contributed by atoms with E-state index in [0.29, 0.717) is 19.6 Å². The van der Waals surface area contributed by atoms with Crippen molar-refractivity contribution in [1.82, 2.24) is 4.90 Å². The monoisotopic (exact) mass is 330 g/mol. The number of hydrogen-bond donors (Lipinski definition) is 2. The van der Waals surface area contributed by atoms with Crippen LogP contribution in [0.5, 0.6) is 0 Å². The maximum Gasteiger partial charge on any atom is 0.506 e. The Labute approximate surface area is 135 Å². The van der Waals surface area contributed by atoms with Crippen LogP contribution in [0.25, 0.3) is 0 Å². The average molecular weight is 330 g/mol. The lowest BCUT2D eigenvalue weighted by atomic mass is 9.97. The van der Waals surface area contributed by atoms with Crippen LogP contribution < -0.4 is 5.73 Å². The minimum atomic E-state index is -1.30. The molecule has 0 aliphatic carbocycles. The molecule has 0 amide bonds. The van der Waals surface area contributed by atoms with E-state index < -0.39 is 29.9 Å². The third kappa shape index (κ3) is 3.61. The summed E-state index contributed by atoms with van der Waals surface area (Å²) in [6, 6.07) is 0.243. The second-order valence-electron chi connectivity index (χ2n) is 7.03. The molecule has 0 aromatic rings. The Kier molecular flexibility index (Phi) is 4.54. The Balaban J connectivity index is 1.76. The molecule has 3 heterocycles. The number of piperidine rings is 1. The molecule has 132 valence electrons. The van der Waals surface area contributed by atoms with Gasteiger partial charge in [0.05, 0.1) is 13.2 Å². The first-order valence-corrected chi connectivity index (χ1v) is 8.19. The first kappa shape index (κ1) is 16.9. The van der Waals surface area contributed by atoms with E-state index >= 15 is 0 Å². The number of carbonyl (C=O) groups is 1. The van der Waals surface area contributed by atoms with Crippen LogP contribution in [0.3, 0.4) is 0 Å². The van der Waals surface area contributed by atoms with Crippen molar-refractivity contribution in [1.29, 1.82) is 0 Å². The molecule has 0 spiro atoms. The molecule has 0 saturated carbocycles. The summed E-state index contributed by atoms with van der Waals surface area (Å²) in [6.45, 7) is 6.25. The van der Waals surface area contributed by atoms with Crippen LogP contribution in [0.4, 0.5) is 4.79 Å². The number of rotatable bonds is 3. The summed E-state index contributed by atoms with van der Waals surface area (Å²) in [5.74, 6) is -1.84. The third-order valence-electron chi connectivity index (χ3n) is 4.68. The van der Waals surface area contributed by atoms with E-state index in [9.17, 15) is 4.79 Å². The third-order valence-corrected chi connectivity index (χ3v) is 4.68. The van der Waals surface area contributed by atoms with Crippen molar-refractivity contribution < 1.29 is 28.8 Å². The Morgan fingerprint density at radius 3 is 2.70 bits per heavy atom. The molecule has 23 heavy (non-hydrogen) atoms. The van der Waals surface area contributed by atoms with Crippen LogP contribution in [0.15, 0.2) is 0 Å². The zero-order chi connectivity index (χ0) is 16.7. The first-order valence-electron chi connectivity index (χ1n) is 8.19. The van der Waals surface area contributed by atoms with Crippen LogP contribution in [0.2, 0.25) is 0 Å². The standard InChI is InChI=1S/C15H26N2O6/c1-14(2)22-12-11(21-13(18)19)5-8-20-15(12,23-14)9-17-6-3-10(16)4-7-17/h10-12H,3-9,16H2,1-2H3,(H,18,19)/t11-,12+,15+/m1/s1. The summed E-state index contributed by atoms with van der Waals surface area (Å²) in [7, 11) is 0. The summed E-state index contributed by atoms with van der Waals surface area (Å²) in [5.41, 5.74) is 5.96. The molecular weight excluding hydrogens is 304 g/mol. The van der Waals surface area contributed by atoms with Crippen molar-refractivity contribution in [3.05, 3.63) is 0 Å². The van der Waals surface area contributed by atoms with Crippen molar-refractivity contribution in [3.63, 3.8) is 0 Å². The van der Waals surface area contributed by atoms with E-state index in [2.05, 4.69) is 4.90 Å². The lowest BCUT2D eigenvalue weighted by Crippen LogP contribution is -2.60. The van der Waals surface area contributed by atoms with Gasteiger partial charge in [-0.05, 0) is 39.8 Å². The topological polar surface area (TPSA) is 103 Å². The molecule has 8 nitrogen and oxygen atoms in total. The molecule has 3 saturated heterocycles. The molecule has 3 aliphatic rings. The molecule has 3 fully saturated rings. The van der Waals surface area contributed by atoms with Gasteiger partial charge in [0.15, 0.2) is 11.9 Å². The lowest BCUT2D eigenvalue weighted by Gasteiger charge is -2.43. The molecule has 0 aromatic heterocycles. The minimum Gasteiger partial charge on any atom is -0.450 e. The van der Waals surface area contributed by atoms with Crippen molar-refractivity contribution >= 4 is 6.16 Å². The highest BCUT2D eigenvalue weighted by Crippen LogP contribution is 2.43. The fraction of sp³-hybridized carbons (Fsp3) is 0.933. The number of likely N-dealkylation sites (tertiary alicyclic amines) is 1. The van der Waals surface area contributed by atoms with Gasteiger partial charge in [-0.3, -0.25) is 4.90 Å². The maximum atomic E-state index is 11.0.